The van der Waals surface area contributed by atoms with Crippen molar-refractivity contribution in [3.8, 4) is 0 Å². The number of amides is 1. The van der Waals surface area contributed by atoms with E-state index in [2.05, 4.69) is 0 Å². The highest BCUT2D eigenvalue weighted by molar-refractivity contribution is 7.88. The molecule has 0 bridgehead atoms. The smallest absolute Gasteiger partial charge is 0.313 e. The largest absolute Gasteiger partial charge is 0.481 e. The Kier molecular flexibility index (Phi) is 4.07. The van der Waals surface area contributed by atoms with E-state index in [0.717, 1.165) is 27.6 Å². The molecule has 10 heteroatoms. The Balaban J connectivity index is 1.89. The Labute approximate surface area is 142 Å². The second-order valence-electron chi connectivity index (χ2n) is 6.50. The lowest BCUT2D eigenvalue weighted by atomic mass is 9.81. The Morgan fingerprint density at radius 3 is 2.48 bits per heavy atom. The summed E-state index contributed by atoms with van der Waals surface area (Å²) >= 11 is 0. The highest BCUT2D eigenvalue weighted by Crippen LogP contribution is 2.44. The number of carboxylic acid groups (broad SMARTS) is 1. The number of aliphatic carboxylic acids is 1. The lowest BCUT2D eigenvalue weighted by molar-refractivity contribution is -0.148. The molecule has 2 atom stereocenters. The lowest BCUT2D eigenvalue weighted by Gasteiger charge is -2.24. The van der Waals surface area contributed by atoms with E-state index < -0.39 is 50.4 Å². The van der Waals surface area contributed by atoms with Crippen LogP contribution >= 0.6 is 0 Å². The summed E-state index contributed by atoms with van der Waals surface area (Å²) in [4.78, 5) is 25.4. The third-order valence-electron chi connectivity index (χ3n) is 4.94. The van der Waals surface area contributed by atoms with Gasteiger partial charge in [0, 0.05) is 32.1 Å². The molecule has 2 saturated heterocycles. The average molecular weight is 374 g/mol. The average Bonchev–Trinajstić information content (AvgIpc) is 3.04. The van der Waals surface area contributed by atoms with Gasteiger partial charge in [-0.1, -0.05) is 6.07 Å². The zero-order valence-corrected chi connectivity index (χ0v) is 14.1. The number of fused-ring (bicyclic) bond motifs is 1. The molecule has 2 fully saturated rings. The number of carbonyl (C=O) groups is 2. The van der Waals surface area contributed by atoms with E-state index in [1.807, 2.05) is 0 Å². The second kappa shape index (κ2) is 5.73. The molecule has 2 aliphatic rings. The standard InChI is InChI=1S/C15H16F2N2O5S/c1-25(23,24)19-6-9-5-18(7-15(9,8-19)14(21)22)13(20)10-3-2-4-11(16)12(10)17/h2-4,9H,5-8H2,1H3,(H,21,22)/t9-,15-/m1/s1. The van der Waals surface area contributed by atoms with E-state index in [9.17, 15) is 31.9 Å². The van der Waals surface area contributed by atoms with Gasteiger partial charge in [0.05, 0.1) is 11.8 Å². The molecule has 1 aromatic rings. The predicted octanol–water partition coefficient (Wildman–Crippen LogP) is 0.383. The van der Waals surface area contributed by atoms with Crippen LogP contribution in [0.25, 0.3) is 0 Å². The van der Waals surface area contributed by atoms with Gasteiger partial charge in [-0.05, 0) is 12.1 Å². The van der Waals surface area contributed by atoms with Crippen LogP contribution in [0.4, 0.5) is 8.78 Å². The first-order chi connectivity index (χ1) is 11.6. The molecule has 0 saturated carbocycles. The molecule has 1 N–H and O–H groups in total. The summed E-state index contributed by atoms with van der Waals surface area (Å²) in [6.45, 7) is -0.567. The number of carbonyl (C=O) groups excluding carboxylic acids is 1. The van der Waals surface area contributed by atoms with Crippen molar-refractivity contribution < 1.29 is 31.9 Å². The van der Waals surface area contributed by atoms with E-state index in [0.29, 0.717) is 0 Å². The van der Waals surface area contributed by atoms with Crippen LogP contribution in [0.1, 0.15) is 10.4 Å². The minimum absolute atomic E-state index is 0.0272. The van der Waals surface area contributed by atoms with Crippen molar-refractivity contribution in [3.63, 3.8) is 0 Å². The van der Waals surface area contributed by atoms with Crippen LogP contribution in [0, 0.1) is 23.0 Å². The van der Waals surface area contributed by atoms with Crippen molar-refractivity contribution >= 4 is 21.9 Å². The van der Waals surface area contributed by atoms with Gasteiger partial charge in [0.1, 0.15) is 5.41 Å². The molecule has 0 spiro atoms. The van der Waals surface area contributed by atoms with Crippen LogP contribution in [0.15, 0.2) is 18.2 Å². The monoisotopic (exact) mass is 374 g/mol. The van der Waals surface area contributed by atoms with Gasteiger partial charge in [0.15, 0.2) is 11.6 Å². The van der Waals surface area contributed by atoms with Crippen molar-refractivity contribution in [2.45, 2.75) is 0 Å². The molecule has 3 rings (SSSR count). The molecule has 136 valence electrons. The van der Waals surface area contributed by atoms with Crippen molar-refractivity contribution in [3.05, 3.63) is 35.4 Å². The zero-order chi connectivity index (χ0) is 18.6. The van der Waals surface area contributed by atoms with E-state index >= 15 is 0 Å². The van der Waals surface area contributed by atoms with Crippen LogP contribution in [0.5, 0.6) is 0 Å². The van der Waals surface area contributed by atoms with Gasteiger partial charge in [-0.15, -0.1) is 0 Å². The number of rotatable bonds is 3. The minimum Gasteiger partial charge on any atom is -0.481 e. The Morgan fingerprint density at radius 2 is 1.92 bits per heavy atom. The third-order valence-corrected chi connectivity index (χ3v) is 6.16. The number of nitrogens with zero attached hydrogens (tertiary/aromatic N) is 2. The summed E-state index contributed by atoms with van der Waals surface area (Å²) < 4.78 is 51.7. The Bertz CT molecular complexity index is 859. The van der Waals surface area contributed by atoms with Gasteiger partial charge in [-0.2, -0.15) is 0 Å². The highest BCUT2D eigenvalue weighted by atomic mass is 32.2. The third kappa shape index (κ3) is 2.78. The van der Waals surface area contributed by atoms with Crippen LogP contribution in [0.3, 0.4) is 0 Å². The normalized spacial score (nSPS) is 26.7. The molecule has 0 aromatic heterocycles. The van der Waals surface area contributed by atoms with Gasteiger partial charge < -0.3 is 10.0 Å². The molecule has 2 aliphatic heterocycles. The quantitative estimate of drug-likeness (QED) is 0.826. The Hall–Kier alpha value is -2.07. The maximum atomic E-state index is 13.8. The van der Waals surface area contributed by atoms with E-state index in [1.165, 1.54) is 6.07 Å². The fourth-order valence-corrected chi connectivity index (χ4v) is 4.48. The summed E-state index contributed by atoms with van der Waals surface area (Å²) in [6, 6.07) is 3.21. The summed E-state index contributed by atoms with van der Waals surface area (Å²) in [5.74, 6) is -5.08. The molecule has 0 radical (unpaired) electrons. The van der Waals surface area contributed by atoms with Gasteiger partial charge in [0.25, 0.3) is 5.91 Å². The number of benzene rings is 1. The van der Waals surface area contributed by atoms with Crippen molar-refractivity contribution in [2.75, 3.05) is 32.4 Å². The van der Waals surface area contributed by atoms with Crippen LogP contribution in [-0.2, 0) is 14.8 Å². The number of carboxylic acids is 1. The summed E-state index contributed by atoms with van der Waals surface area (Å²) in [5, 5.41) is 9.63. The molecular weight excluding hydrogens is 358 g/mol. The van der Waals surface area contributed by atoms with E-state index in [-0.39, 0.29) is 26.2 Å². The SMILES string of the molecule is CS(=O)(=O)N1C[C@H]2CN(C(=O)c3cccc(F)c3F)C[C@@]2(C(=O)O)C1. The fraction of sp³-hybridized carbons (Fsp3) is 0.467. The number of hydrogen-bond acceptors (Lipinski definition) is 4. The van der Waals surface area contributed by atoms with E-state index in [4.69, 9.17) is 0 Å². The maximum Gasteiger partial charge on any atom is 0.313 e. The van der Waals surface area contributed by atoms with Crippen molar-refractivity contribution in [1.29, 1.82) is 0 Å². The molecule has 25 heavy (non-hydrogen) atoms. The molecule has 2 heterocycles. The van der Waals surface area contributed by atoms with E-state index in [1.54, 1.807) is 0 Å². The zero-order valence-electron chi connectivity index (χ0n) is 13.3. The molecule has 1 amide bonds. The van der Waals surface area contributed by atoms with Gasteiger partial charge >= 0.3 is 5.97 Å². The summed E-state index contributed by atoms with van der Waals surface area (Å²) in [5.41, 5.74) is -1.91. The van der Waals surface area contributed by atoms with Gasteiger partial charge in [0.2, 0.25) is 10.0 Å². The highest BCUT2D eigenvalue weighted by Gasteiger charge is 2.60. The minimum atomic E-state index is -3.56. The predicted molar refractivity (Wildman–Crippen MR) is 82.2 cm³/mol. The molecule has 0 unspecified atom stereocenters. The fourth-order valence-electron chi connectivity index (χ4n) is 3.57. The number of hydrogen-bond donors (Lipinski definition) is 1. The van der Waals surface area contributed by atoms with Crippen molar-refractivity contribution in [2.24, 2.45) is 11.3 Å². The van der Waals surface area contributed by atoms with Gasteiger partial charge in [-0.3, -0.25) is 9.59 Å². The first-order valence-electron chi connectivity index (χ1n) is 7.48. The van der Waals surface area contributed by atoms with Crippen molar-refractivity contribution in [1.82, 2.24) is 9.21 Å². The lowest BCUT2D eigenvalue weighted by Crippen LogP contribution is -2.43. The molecule has 0 aliphatic carbocycles. The first kappa shape index (κ1) is 17.7. The molecule has 1 aromatic carbocycles. The summed E-state index contributed by atoms with van der Waals surface area (Å²) in [6.07, 6.45) is 0.995. The maximum absolute atomic E-state index is 13.8. The topological polar surface area (TPSA) is 95.0 Å². The number of sulfonamides is 1. The van der Waals surface area contributed by atoms with Gasteiger partial charge in [-0.25, -0.2) is 21.5 Å². The van der Waals surface area contributed by atoms with Crippen LogP contribution < -0.4 is 0 Å². The number of likely N-dealkylation sites (tertiary alicyclic amines) is 1. The van der Waals surface area contributed by atoms with Crippen LogP contribution in [0.2, 0.25) is 0 Å². The summed E-state index contributed by atoms with van der Waals surface area (Å²) in [7, 11) is -3.56. The van der Waals surface area contributed by atoms with Crippen LogP contribution in [-0.4, -0.2) is 67.0 Å². The molecule has 7 nitrogen and oxygen atoms in total. The second-order valence-corrected chi connectivity index (χ2v) is 8.48. The Morgan fingerprint density at radius 1 is 1.24 bits per heavy atom. The molecular formula is C15H16F2N2O5S. The number of halogens is 2. The first-order valence-corrected chi connectivity index (χ1v) is 9.33.